The molecule has 2 bridgehead atoms. The number of fused-ring (bicyclic) bond motifs is 2. The maximum absolute atomic E-state index is 13.1. The summed E-state index contributed by atoms with van der Waals surface area (Å²) in [6.07, 6.45) is 1.73. The molecule has 1 amide bonds. The molecule has 0 spiro atoms. The first kappa shape index (κ1) is 18.2. The largest absolute Gasteiger partial charge is 0.378 e. The fourth-order valence-corrected chi connectivity index (χ4v) is 5.71. The van der Waals surface area contributed by atoms with E-state index in [1.807, 2.05) is 36.4 Å². The highest BCUT2D eigenvalue weighted by atomic mass is 32.2. The number of nitrogens with one attached hydrogen (secondary N) is 1. The Bertz CT molecular complexity index is 923. The quantitative estimate of drug-likeness (QED) is 0.877. The SMILES string of the molecule is CC(=O)Nc1ccc(-c2ccc(S(=O)(=O)N3C4CCC3COC4)cc2)cc1. The van der Waals surface area contributed by atoms with Gasteiger partial charge in [-0.1, -0.05) is 24.3 Å². The molecule has 2 aliphatic rings. The molecule has 7 heteroatoms. The number of anilines is 1. The van der Waals surface area contributed by atoms with Crippen LogP contribution in [0, 0.1) is 0 Å². The highest BCUT2D eigenvalue weighted by Crippen LogP contribution is 2.34. The van der Waals surface area contributed by atoms with Crippen molar-refractivity contribution in [3.63, 3.8) is 0 Å². The molecule has 2 heterocycles. The standard InChI is InChI=1S/C20H22N2O4S/c1-14(23)21-17-6-2-15(3-7-17)16-4-10-20(11-5-16)27(24,25)22-18-8-9-19(22)13-26-12-18/h2-7,10-11,18-19H,8-9,12-13H2,1H3,(H,21,23). The summed E-state index contributed by atoms with van der Waals surface area (Å²) in [6.45, 7) is 2.43. The number of carbonyl (C=O) groups excluding carboxylic acids is 1. The van der Waals surface area contributed by atoms with Gasteiger partial charge in [0.2, 0.25) is 15.9 Å². The second-order valence-corrected chi connectivity index (χ2v) is 8.88. The van der Waals surface area contributed by atoms with Crippen molar-refractivity contribution >= 4 is 21.6 Å². The van der Waals surface area contributed by atoms with Gasteiger partial charge < -0.3 is 10.1 Å². The van der Waals surface area contributed by atoms with Crippen molar-refractivity contribution in [2.24, 2.45) is 0 Å². The molecule has 142 valence electrons. The number of rotatable bonds is 4. The van der Waals surface area contributed by atoms with Crippen LogP contribution < -0.4 is 5.32 Å². The summed E-state index contributed by atoms with van der Waals surface area (Å²) in [4.78, 5) is 11.4. The van der Waals surface area contributed by atoms with Crippen LogP contribution in [0.15, 0.2) is 53.4 Å². The lowest BCUT2D eigenvalue weighted by atomic mass is 10.1. The number of morpholine rings is 1. The Morgan fingerprint density at radius 1 is 0.963 bits per heavy atom. The van der Waals surface area contributed by atoms with Crippen LogP contribution in [0.2, 0.25) is 0 Å². The lowest BCUT2D eigenvalue weighted by Gasteiger charge is -2.33. The van der Waals surface area contributed by atoms with Crippen molar-refractivity contribution in [2.75, 3.05) is 18.5 Å². The Hall–Kier alpha value is -2.22. The number of ether oxygens (including phenoxy) is 1. The molecule has 1 N–H and O–H groups in total. The smallest absolute Gasteiger partial charge is 0.243 e. The van der Waals surface area contributed by atoms with E-state index in [9.17, 15) is 13.2 Å². The normalized spacial score (nSPS) is 22.6. The highest BCUT2D eigenvalue weighted by Gasteiger charge is 2.44. The molecule has 2 aromatic rings. The fraction of sp³-hybridized carbons (Fsp3) is 0.350. The fourth-order valence-electron chi connectivity index (χ4n) is 3.87. The third kappa shape index (κ3) is 3.50. The molecule has 2 atom stereocenters. The van der Waals surface area contributed by atoms with Crippen LogP contribution in [0.5, 0.6) is 0 Å². The number of hydrogen-bond donors (Lipinski definition) is 1. The zero-order valence-electron chi connectivity index (χ0n) is 15.1. The van der Waals surface area contributed by atoms with Crippen molar-refractivity contribution in [1.29, 1.82) is 0 Å². The number of nitrogens with zero attached hydrogens (tertiary/aromatic N) is 1. The topological polar surface area (TPSA) is 75.7 Å². The van der Waals surface area contributed by atoms with Gasteiger partial charge in [-0.25, -0.2) is 8.42 Å². The average Bonchev–Trinajstić information content (AvgIpc) is 2.93. The summed E-state index contributed by atoms with van der Waals surface area (Å²) in [6, 6.07) is 14.3. The summed E-state index contributed by atoms with van der Waals surface area (Å²) >= 11 is 0. The molecule has 2 aliphatic heterocycles. The zero-order valence-corrected chi connectivity index (χ0v) is 15.9. The van der Waals surface area contributed by atoms with Crippen LogP contribution in [0.4, 0.5) is 5.69 Å². The minimum atomic E-state index is -3.51. The van der Waals surface area contributed by atoms with Gasteiger partial charge in [0.15, 0.2) is 0 Å². The van der Waals surface area contributed by atoms with Crippen LogP contribution in [0.25, 0.3) is 11.1 Å². The summed E-state index contributed by atoms with van der Waals surface area (Å²) in [7, 11) is -3.51. The Labute approximate surface area is 159 Å². The summed E-state index contributed by atoms with van der Waals surface area (Å²) in [5.74, 6) is -0.116. The van der Waals surface area contributed by atoms with Crippen LogP contribution in [-0.4, -0.2) is 43.9 Å². The van der Waals surface area contributed by atoms with E-state index in [1.54, 1.807) is 16.4 Å². The molecular weight excluding hydrogens is 364 g/mol. The van der Waals surface area contributed by atoms with Gasteiger partial charge in [-0.05, 0) is 48.2 Å². The molecule has 0 aromatic heterocycles. The minimum absolute atomic E-state index is 0.0465. The van der Waals surface area contributed by atoms with Crippen LogP contribution in [-0.2, 0) is 19.6 Å². The molecule has 6 nitrogen and oxygen atoms in total. The van der Waals surface area contributed by atoms with Crippen LogP contribution in [0.3, 0.4) is 0 Å². The first-order chi connectivity index (χ1) is 12.9. The predicted molar refractivity (Wildman–Crippen MR) is 103 cm³/mol. The number of hydrogen-bond acceptors (Lipinski definition) is 4. The van der Waals surface area contributed by atoms with Crippen molar-refractivity contribution in [1.82, 2.24) is 4.31 Å². The predicted octanol–water partition coefficient (Wildman–Crippen LogP) is 2.86. The first-order valence-electron chi connectivity index (χ1n) is 9.04. The van der Waals surface area contributed by atoms with Crippen molar-refractivity contribution < 1.29 is 17.9 Å². The summed E-state index contributed by atoms with van der Waals surface area (Å²) in [5, 5.41) is 2.73. The average molecular weight is 386 g/mol. The summed E-state index contributed by atoms with van der Waals surface area (Å²) in [5.41, 5.74) is 2.61. The monoisotopic (exact) mass is 386 g/mol. The van der Waals surface area contributed by atoms with Crippen molar-refractivity contribution in [2.45, 2.75) is 36.7 Å². The second kappa shape index (κ2) is 7.07. The Morgan fingerprint density at radius 3 is 2.00 bits per heavy atom. The summed E-state index contributed by atoms with van der Waals surface area (Å²) < 4.78 is 33.3. The van der Waals surface area contributed by atoms with E-state index in [1.165, 1.54) is 6.92 Å². The van der Waals surface area contributed by atoms with Gasteiger partial charge in [0.1, 0.15) is 0 Å². The lowest BCUT2D eigenvalue weighted by Crippen LogP contribution is -2.48. The van der Waals surface area contributed by atoms with Crippen LogP contribution >= 0.6 is 0 Å². The van der Waals surface area contributed by atoms with Gasteiger partial charge in [-0.2, -0.15) is 4.31 Å². The van der Waals surface area contributed by atoms with Gasteiger partial charge in [0.25, 0.3) is 0 Å². The molecule has 2 unspecified atom stereocenters. The molecule has 2 fully saturated rings. The van der Waals surface area contributed by atoms with E-state index in [0.29, 0.717) is 18.1 Å². The molecule has 2 aromatic carbocycles. The molecule has 27 heavy (non-hydrogen) atoms. The number of amides is 1. The van der Waals surface area contributed by atoms with E-state index < -0.39 is 10.0 Å². The molecule has 2 saturated heterocycles. The first-order valence-corrected chi connectivity index (χ1v) is 10.5. The van der Waals surface area contributed by atoms with Crippen LogP contribution in [0.1, 0.15) is 19.8 Å². The van der Waals surface area contributed by atoms with E-state index in [2.05, 4.69) is 5.32 Å². The maximum atomic E-state index is 13.1. The van der Waals surface area contributed by atoms with Gasteiger partial charge in [-0.15, -0.1) is 0 Å². The molecule has 0 saturated carbocycles. The molecule has 0 aliphatic carbocycles. The van der Waals surface area contributed by atoms with Gasteiger partial charge in [0, 0.05) is 24.7 Å². The minimum Gasteiger partial charge on any atom is -0.378 e. The van der Waals surface area contributed by atoms with Gasteiger partial charge >= 0.3 is 0 Å². The van der Waals surface area contributed by atoms with E-state index >= 15 is 0 Å². The Balaban J connectivity index is 1.56. The Kier molecular flexibility index (Phi) is 4.75. The molecule has 0 radical (unpaired) electrons. The molecular formula is C20H22N2O4S. The number of sulfonamides is 1. The van der Waals surface area contributed by atoms with Crippen molar-refractivity contribution in [3.8, 4) is 11.1 Å². The van der Waals surface area contributed by atoms with E-state index in [0.717, 1.165) is 29.7 Å². The zero-order chi connectivity index (χ0) is 19.0. The second-order valence-electron chi connectivity index (χ2n) is 7.04. The maximum Gasteiger partial charge on any atom is 0.243 e. The number of benzene rings is 2. The van der Waals surface area contributed by atoms with Gasteiger partial charge in [-0.3, -0.25) is 4.79 Å². The third-order valence-electron chi connectivity index (χ3n) is 5.14. The highest BCUT2D eigenvalue weighted by molar-refractivity contribution is 7.89. The van der Waals surface area contributed by atoms with Crippen molar-refractivity contribution in [3.05, 3.63) is 48.5 Å². The molecule has 4 rings (SSSR count). The van der Waals surface area contributed by atoms with E-state index in [-0.39, 0.29) is 18.0 Å². The third-order valence-corrected chi connectivity index (χ3v) is 7.16. The van der Waals surface area contributed by atoms with Gasteiger partial charge in [0.05, 0.1) is 18.1 Å². The lowest BCUT2D eigenvalue weighted by molar-refractivity contribution is -0.114. The Morgan fingerprint density at radius 2 is 1.48 bits per heavy atom. The van der Waals surface area contributed by atoms with E-state index in [4.69, 9.17) is 4.74 Å². The number of carbonyl (C=O) groups is 1.